The van der Waals surface area contributed by atoms with E-state index in [2.05, 4.69) is 15.4 Å². The number of aromatic nitrogens is 2. The molecule has 6 nitrogen and oxygen atoms in total. The van der Waals surface area contributed by atoms with E-state index in [1.54, 1.807) is 19.9 Å². The van der Waals surface area contributed by atoms with Crippen molar-refractivity contribution in [3.05, 3.63) is 40.1 Å². The first kappa shape index (κ1) is 17.2. The maximum absolute atomic E-state index is 12.3. The lowest BCUT2D eigenvalue weighted by atomic mass is 10.2. The zero-order valence-electron chi connectivity index (χ0n) is 13.9. The van der Waals surface area contributed by atoms with Crippen molar-refractivity contribution < 1.29 is 9.59 Å². The van der Waals surface area contributed by atoms with E-state index in [1.807, 2.05) is 29.8 Å². The summed E-state index contributed by atoms with van der Waals surface area (Å²) in [7, 11) is 0. The van der Waals surface area contributed by atoms with E-state index in [-0.39, 0.29) is 0 Å². The third kappa shape index (κ3) is 3.31. The van der Waals surface area contributed by atoms with Crippen LogP contribution in [-0.4, -0.2) is 27.3 Å². The number of anilines is 1. The molecule has 0 saturated heterocycles. The molecule has 0 unspecified atom stereocenters. The van der Waals surface area contributed by atoms with Gasteiger partial charge in [-0.15, -0.1) is 22.7 Å². The highest BCUT2D eigenvalue weighted by Gasteiger charge is 2.19. The van der Waals surface area contributed by atoms with Crippen LogP contribution in [0.4, 0.5) is 5.82 Å². The summed E-state index contributed by atoms with van der Waals surface area (Å²) in [6.45, 7) is 5.35. The fourth-order valence-corrected chi connectivity index (χ4v) is 3.81. The zero-order valence-corrected chi connectivity index (χ0v) is 15.6. The number of nitrogens with zero attached hydrogens (tertiary/aromatic N) is 3. The molecular formula is C17H16N4O2S2. The summed E-state index contributed by atoms with van der Waals surface area (Å²) in [5, 5.41) is 5.65. The van der Waals surface area contributed by atoms with Gasteiger partial charge in [-0.05, 0) is 43.2 Å². The van der Waals surface area contributed by atoms with Gasteiger partial charge in [-0.3, -0.25) is 15.0 Å². The average molecular weight is 372 g/mol. The molecule has 0 spiro atoms. The van der Waals surface area contributed by atoms with Crippen LogP contribution in [0, 0.1) is 6.92 Å². The Morgan fingerprint density at radius 1 is 1.32 bits per heavy atom. The molecule has 0 bridgehead atoms. The third-order valence-electron chi connectivity index (χ3n) is 3.68. The summed E-state index contributed by atoms with van der Waals surface area (Å²) < 4.78 is 0. The van der Waals surface area contributed by atoms with Crippen LogP contribution < -0.4 is 5.43 Å². The van der Waals surface area contributed by atoms with Crippen LogP contribution in [0.2, 0.25) is 0 Å². The Morgan fingerprint density at radius 3 is 2.76 bits per heavy atom. The molecule has 0 aromatic carbocycles. The molecule has 0 saturated carbocycles. The van der Waals surface area contributed by atoms with Crippen LogP contribution in [0.15, 0.2) is 34.5 Å². The summed E-state index contributed by atoms with van der Waals surface area (Å²) in [4.78, 5) is 34.6. The maximum Gasteiger partial charge on any atom is 0.274 e. The molecule has 0 aliphatic rings. The number of fused-ring (bicyclic) bond motifs is 1. The minimum atomic E-state index is -0.421. The van der Waals surface area contributed by atoms with Crippen LogP contribution in [0.25, 0.3) is 20.9 Å². The van der Waals surface area contributed by atoms with Gasteiger partial charge < -0.3 is 0 Å². The fraction of sp³-hybridized carbons (Fsp3) is 0.176. The monoisotopic (exact) mass is 372 g/mol. The van der Waals surface area contributed by atoms with Gasteiger partial charge in [0, 0.05) is 5.57 Å². The molecule has 3 aromatic rings. The Kier molecular flexibility index (Phi) is 4.91. The van der Waals surface area contributed by atoms with Gasteiger partial charge in [0.2, 0.25) is 6.41 Å². The lowest BCUT2D eigenvalue weighted by Gasteiger charge is -2.18. The number of imide groups is 1. The number of hydrogen-bond donors (Lipinski definition) is 1. The van der Waals surface area contributed by atoms with E-state index in [0.29, 0.717) is 23.6 Å². The van der Waals surface area contributed by atoms with Crippen molar-refractivity contribution in [2.45, 2.75) is 20.8 Å². The van der Waals surface area contributed by atoms with Crippen LogP contribution >= 0.6 is 22.7 Å². The first-order valence-corrected chi connectivity index (χ1v) is 9.29. The highest BCUT2D eigenvalue weighted by Crippen LogP contribution is 2.33. The molecule has 0 fully saturated rings. The van der Waals surface area contributed by atoms with Gasteiger partial charge in [-0.25, -0.2) is 9.97 Å². The van der Waals surface area contributed by atoms with Crippen LogP contribution in [0.1, 0.15) is 19.4 Å². The molecule has 3 rings (SSSR count). The summed E-state index contributed by atoms with van der Waals surface area (Å²) in [6, 6.07) is 3.86. The molecule has 0 aliphatic carbocycles. The minimum Gasteiger partial charge on any atom is -0.276 e. The Labute approximate surface area is 152 Å². The van der Waals surface area contributed by atoms with Crippen LogP contribution in [0.3, 0.4) is 0 Å². The lowest BCUT2D eigenvalue weighted by molar-refractivity contribution is -0.133. The molecule has 1 N–H and O–H groups in total. The van der Waals surface area contributed by atoms with Gasteiger partial charge in [0.05, 0.1) is 10.3 Å². The number of hydrazine groups is 1. The van der Waals surface area contributed by atoms with E-state index in [0.717, 1.165) is 25.7 Å². The number of rotatable bonds is 5. The van der Waals surface area contributed by atoms with Gasteiger partial charge in [0.15, 0.2) is 11.6 Å². The second kappa shape index (κ2) is 7.12. The highest BCUT2D eigenvalue weighted by molar-refractivity contribution is 7.17. The van der Waals surface area contributed by atoms with E-state index in [9.17, 15) is 9.59 Å². The van der Waals surface area contributed by atoms with Gasteiger partial charge in [0.25, 0.3) is 5.91 Å². The van der Waals surface area contributed by atoms with Crippen molar-refractivity contribution in [2.24, 2.45) is 0 Å². The Balaban J connectivity index is 2.09. The lowest BCUT2D eigenvalue weighted by Crippen LogP contribution is -2.36. The van der Waals surface area contributed by atoms with Gasteiger partial charge in [-0.2, -0.15) is 5.01 Å². The van der Waals surface area contributed by atoms with Crippen LogP contribution in [-0.2, 0) is 9.59 Å². The van der Waals surface area contributed by atoms with Crippen molar-refractivity contribution in [1.29, 1.82) is 0 Å². The van der Waals surface area contributed by atoms with Gasteiger partial charge in [-0.1, -0.05) is 12.1 Å². The number of hydrogen-bond acceptors (Lipinski definition) is 7. The smallest absolute Gasteiger partial charge is 0.274 e. The number of allylic oxidation sites excluding steroid dienone is 1. The summed E-state index contributed by atoms with van der Waals surface area (Å²) in [5.41, 5.74) is 4.30. The first-order valence-electron chi connectivity index (χ1n) is 7.53. The van der Waals surface area contributed by atoms with Crippen molar-refractivity contribution >= 4 is 51.0 Å². The van der Waals surface area contributed by atoms with Crippen molar-refractivity contribution in [3.8, 4) is 10.7 Å². The Hall–Kier alpha value is -2.58. The number of thiophene rings is 2. The molecule has 0 atom stereocenters. The van der Waals surface area contributed by atoms with E-state index >= 15 is 0 Å². The van der Waals surface area contributed by atoms with E-state index in [1.165, 1.54) is 22.7 Å². The van der Waals surface area contributed by atoms with Gasteiger partial charge >= 0.3 is 0 Å². The molecule has 0 radical (unpaired) electrons. The van der Waals surface area contributed by atoms with Crippen molar-refractivity contribution in [1.82, 2.24) is 15.0 Å². The standard InChI is InChI=1S/C17H16N4O2S2/c1-4-10(2)17(23)21(9-22)20-15-13-11(3)8-25-16(13)19-14(18-15)12-6-5-7-24-12/h4-9H,1-3H3,(H,18,19,20)/b10-4-. The number of nitrogens with one attached hydrogen (secondary N) is 1. The number of carbonyl (C=O) groups excluding carboxylic acids is 2. The Morgan fingerprint density at radius 2 is 2.12 bits per heavy atom. The van der Waals surface area contributed by atoms with Crippen molar-refractivity contribution in [2.75, 3.05) is 5.43 Å². The second-order valence-corrected chi connectivity index (χ2v) is 7.14. The van der Waals surface area contributed by atoms with Crippen LogP contribution in [0.5, 0.6) is 0 Å². The molecule has 3 aromatic heterocycles. The average Bonchev–Trinajstić information content (AvgIpc) is 3.28. The zero-order chi connectivity index (χ0) is 18.0. The molecule has 0 aliphatic heterocycles. The second-order valence-electron chi connectivity index (χ2n) is 5.34. The minimum absolute atomic E-state index is 0.421. The highest BCUT2D eigenvalue weighted by atomic mass is 32.1. The largest absolute Gasteiger partial charge is 0.276 e. The number of aryl methyl sites for hydroxylation is 1. The first-order chi connectivity index (χ1) is 12.0. The third-order valence-corrected chi connectivity index (χ3v) is 5.54. The quantitative estimate of drug-likeness (QED) is 0.416. The molecule has 25 heavy (non-hydrogen) atoms. The molecular weight excluding hydrogens is 356 g/mol. The van der Waals surface area contributed by atoms with Crippen molar-refractivity contribution in [3.63, 3.8) is 0 Å². The molecule has 128 valence electrons. The van der Waals surface area contributed by atoms with Gasteiger partial charge in [0.1, 0.15) is 4.83 Å². The Bertz CT molecular complexity index is 961. The SMILES string of the molecule is C/C=C(/C)C(=O)N(C=O)Nc1nc(-c2cccs2)nc2scc(C)c12. The predicted molar refractivity (Wildman–Crippen MR) is 101 cm³/mol. The fourth-order valence-electron chi connectivity index (χ4n) is 2.23. The number of carbonyl (C=O) groups is 2. The maximum atomic E-state index is 12.3. The van der Waals surface area contributed by atoms with E-state index < -0.39 is 5.91 Å². The summed E-state index contributed by atoms with van der Waals surface area (Å²) >= 11 is 3.04. The summed E-state index contributed by atoms with van der Waals surface area (Å²) in [5.74, 6) is 0.583. The normalized spacial score (nSPS) is 11.6. The summed E-state index contributed by atoms with van der Waals surface area (Å²) in [6.07, 6.45) is 2.11. The molecule has 2 amide bonds. The van der Waals surface area contributed by atoms with E-state index in [4.69, 9.17) is 0 Å². The molecule has 8 heteroatoms. The topological polar surface area (TPSA) is 75.2 Å². The number of amides is 2. The molecule has 3 heterocycles. The predicted octanol–water partition coefficient (Wildman–Crippen LogP) is 4.01.